The molecule has 0 heterocycles. The van der Waals surface area contributed by atoms with Gasteiger partial charge in [0.1, 0.15) is 0 Å². The van der Waals surface area contributed by atoms with Gasteiger partial charge >= 0.3 is 0 Å². The summed E-state index contributed by atoms with van der Waals surface area (Å²) in [4.78, 5) is 2.11. The Morgan fingerprint density at radius 2 is 1.38 bits per heavy atom. The molecular formula is C14H31NO6. The van der Waals surface area contributed by atoms with E-state index in [1.54, 1.807) is 7.11 Å². The molecule has 0 saturated carbocycles. The molecule has 21 heavy (non-hydrogen) atoms. The van der Waals surface area contributed by atoms with E-state index in [2.05, 4.69) is 4.90 Å². The van der Waals surface area contributed by atoms with E-state index in [9.17, 15) is 0 Å². The fourth-order valence-corrected chi connectivity index (χ4v) is 1.49. The van der Waals surface area contributed by atoms with Crippen molar-refractivity contribution >= 4 is 0 Å². The molecule has 0 bridgehead atoms. The zero-order chi connectivity index (χ0) is 15.6. The molecule has 128 valence electrons. The molecule has 7 heteroatoms. The van der Waals surface area contributed by atoms with Crippen LogP contribution in [0.1, 0.15) is 6.92 Å². The Morgan fingerprint density at radius 1 is 0.762 bits per heavy atom. The molecule has 0 aromatic heterocycles. The monoisotopic (exact) mass is 309 g/mol. The summed E-state index contributed by atoms with van der Waals surface area (Å²) in [6.45, 7) is 8.66. The Bertz CT molecular complexity index is 182. The van der Waals surface area contributed by atoms with E-state index in [4.69, 9.17) is 28.8 Å². The second-order valence-electron chi connectivity index (χ2n) is 4.29. The number of methoxy groups -OCH3 is 1. The van der Waals surface area contributed by atoms with E-state index in [0.29, 0.717) is 59.6 Å². The summed E-state index contributed by atoms with van der Waals surface area (Å²) >= 11 is 0. The van der Waals surface area contributed by atoms with Crippen LogP contribution in [0.15, 0.2) is 0 Å². The van der Waals surface area contributed by atoms with Crippen molar-refractivity contribution in [2.24, 2.45) is 0 Å². The predicted octanol–water partition coefficient (Wildman–Crippen LogP) is -0.0291. The van der Waals surface area contributed by atoms with Crippen LogP contribution in [0.5, 0.6) is 0 Å². The third kappa shape index (κ3) is 15.9. The fourth-order valence-electron chi connectivity index (χ4n) is 1.49. The maximum absolute atomic E-state index is 8.67. The highest BCUT2D eigenvalue weighted by molar-refractivity contribution is 4.53. The maximum Gasteiger partial charge on any atom is 0.0992 e. The highest BCUT2D eigenvalue weighted by atomic mass is 16.5. The lowest BCUT2D eigenvalue weighted by atomic mass is 10.5. The van der Waals surface area contributed by atoms with Crippen molar-refractivity contribution in [3.8, 4) is 0 Å². The summed E-state index contributed by atoms with van der Waals surface area (Å²) in [7, 11) is 1.65. The summed E-state index contributed by atoms with van der Waals surface area (Å²) in [5.74, 6) is 0. The van der Waals surface area contributed by atoms with Crippen molar-refractivity contribution < 1.29 is 28.8 Å². The third-order valence-corrected chi connectivity index (χ3v) is 2.62. The number of ether oxygens (including phenoxy) is 5. The standard InChI is InChI=1S/C14H31NO6/c1-3-18-12-13-21-14-15(4-7-19-9-6-16)5-8-20-11-10-17-2/h16H,3-14H2,1-2H3. The van der Waals surface area contributed by atoms with Gasteiger partial charge in [-0.2, -0.15) is 0 Å². The van der Waals surface area contributed by atoms with E-state index in [0.717, 1.165) is 13.1 Å². The Morgan fingerprint density at radius 3 is 2.00 bits per heavy atom. The van der Waals surface area contributed by atoms with Crippen LogP contribution in [-0.2, 0) is 23.7 Å². The molecule has 0 atom stereocenters. The first-order chi connectivity index (χ1) is 10.3. The highest BCUT2D eigenvalue weighted by Gasteiger charge is 2.05. The molecule has 0 aromatic carbocycles. The number of hydrogen-bond acceptors (Lipinski definition) is 7. The Kier molecular flexibility index (Phi) is 17.5. The smallest absolute Gasteiger partial charge is 0.0992 e. The third-order valence-electron chi connectivity index (χ3n) is 2.62. The van der Waals surface area contributed by atoms with Gasteiger partial charge in [0.05, 0.1) is 59.6 Å². The second kappa shape index (κ2) is 17.8. The molecule has 0 rings (SSSR count). The van der Waals surface area contributed by atoms with Crippen molar-refractivity contribution in [3.05, 3.63) is 0 Å². The maximum atomic E-state index is 8.67. The minimum Gasteiger partial charge on any atom is -0.394 e. The van der Waals surface area contributed by atoms with Crippen molar-refractivity contribution in [1.29, 1.82) is 0 Å². The van der Waals surface area contributed by atoms with Crippen molar-refractivity contribution in [3.63, 3.8) is 0 Å². The average molecular weight is 309 g/mol. The summed E-state index contributed by atoms with van der Waals surface area (Å²) in [6.07, 6.45) is 0. The number of rotatable bonds is 17. The second-order valence-corrected chi connectivity index (χ2v) is 4.29. The Hall–Kier alpha value is -0.280. The molecule has 0 aliphatic carbocycles. The lowest BCUT2D eigenvalue weighted by Crippen LogP contribution is -2.34. The predicted molar refractivity (Wildman–Crippen MR) is 79.5 cm³/mol. The molecule has 0 aliphatic heterocycles. The first kappa shape index (κ1) is 20.7. The first-order valence-electron chi connectivity index (χ1n) is 7.48. The van der Waals surface area contributed by atoms with Crippen LogP contribution in [0.3, 0.4) is 0 Å². The minimum absolute atomic E-state index is 0.0466. The van der Waals surface area contributed by atoms with Crippen LogP contribution in [-0.4, -0.2) is 96.4 Å². The van der Waals surface area contributed by atoms with Crippen LogP contribution in [0.2, 0.25) is 0 Å². The van der Waals surface area contributed by atoms with E-state index in [1.807, 2.05) is 6.92 Å². The van der Waals surface area contributed by atoms with E-state index in [1.165, 1.54) is 0 Å². The molecule has 1 N–H and O–H groups in total. The van der Waals surface area contributed by atoms with Crippen LogP contribution in [0, 0.1) is 0 Å². The van der Waals surface area contributed by atoms with E-state index < -0.39 is 0 Å². The Balaban J connectivity index is 3.69. The van der Waals surface area contributed by atoms with Gasteiger partial charge < -0.3 is 28.8 Å². The molecule has 0 spiro atoms. The lowest BCUT2D eigenvalue weighted by Gasteiger charge is -2.22. The van der Waals surface area contributed by atoms with Gasteiger partial charge in [-0.15, -0.1) is 0 Å². The Labute approximate surface area is 128 Å². The largest absolute Gasteiger partial charge is 0.394 e. The van der Waals surface area contributed by atoms with Crippen molar-refractivity contribution in [1.82, 2.24) is 4.90 Å². The van der Waals surface area contributed by atoms with Gasteiger partial charge in [-0.3, -0.25) is 4.90 Å². The van der Waals surface area contributed by atoms with Crippen LogP contribution in [0.4, 0.5) is 0 Å². The summed E-state index contributed by atoms with van der Waals surface area (Å²) in [6, 6.07) is 0. The number of hydrogen-bond donors (Lipinski definition) is 1. The van der Waals surface area contributed by atoms with Crippen LogP contribution < -0.4 is 0 Å². The van der Waals surface area contributed by atoms with Gasteiger partial charge in [0.15, 0.2) is 0 Å². The fraction of sp³-hybridized carbons (Fsp3) is 1.00. The number of nitrogens with zero attached hydrogens (tertiary/aromatic N) is 1. The zero-order valence-corrected chi connectivity index (χ0v) is 13.4. The molecule has 0 unspecified atom stereocenters. The normalized spacial score (nSPS) is 11.4. The summed E-state index contributed by atoms with van der Waals surface area (Å²) in [5, 5.41) is 8.67. The first-order valence-corrected chi connectivity index (χ1v) is 7.48. The molecule has 7 nitrogen and oxygen atoms in total. The van der Waals surface area contributed by atoms with Crippen molar-refractivity contribution in [2.75, 3.05) is 86.4 Å². The average Bonchev–Trinajstić information content (AvgIpc) is 2.50. The SMILES string of the molecule is CCOCCOCN(CCOCCO)CCOCCOC. The molecule has 0 aliphatic rings. The molecule has 0 fully saturated rings. The van der Waals surface area contributed by atoms with Gasteiger partial charge in [-0.25, -0.2) is 0 Å². The van der Waals surface area contributed by atoms with Crippen LogP contribution >= 0.6 is 0 Å². The molecule has 0 radical (unpaired) electrons. The molecular weight excluding hydrogens is 278 g/mol. The quantitative estimate of drug-likeness (QED) is 0.299. The molecule has 0 amide bonds. The van der Waals surface area contributed by atoms with E-state index in [-0.39, 0.29) is 6.61 Å². The van der Waals surface area contributed by atoms with Gasteiger partial charge in [0.2, 0.25) is 0 Å². The van der Waals surface area contributed by atoms with Gasteiger partial charge in [-0.1, -0.05) is 0 Å². The van der Waals surface area contributed by atoms with Crippen LogP contribution in [0.25, 0.3) is 0 Å². The molecule has 0 saturated heterocycles. The zero-order valence-electron chi connectivity index (χ0n) is 13.4. The summed E-state index contributed by atoms with van der Waals surface area (Å²) < 4.78 is 26.4. The van der Waals surface area contributed by atoms with Gasteiger partial charge in [-0.05, 0) is 6.92 Å². The number of aliphatic hydroxyl groups excluding tert-OH is 1. The minimum atomic E-state index is 0.0466. The highest BCUT2D eigenvalue weighted by Crippen LogP contribution is 1.92. The topological polar surface area (TPSA) is 69.6 Å². The van der Waals surface area contributed by atoms with Gasteiger partial charge in [0.25, 0.3) is 0 Å². The van der Waals surface area contributed by atoms with Gasteiger partial charge in [0, 0.05) is 26.8 Å². The summed E-state index contributed by atoms with van der Waals surface area (Å²) in [5.41, 5.74) is 0. The number of aliphatic hydroxyl groups is 1. The lowest BCUT2D eigenvalue weighted by molar-refractivity contribution is -0.0278. The van der Waals surface area contributed by atoms with E-state index >= 15 is 0 Å². The van der Waals surface area contributed by atoms with Crippen molar-refractivity contribution in [2.45, 2.75) is 6.92 Å². The molecule has 0 aromatic rings.